The monoisotopic (exact) mass is 349 g/mol. The number of carbonyl (C=O) groups excluding carboxylic acids is 1. The summed E-state index contributed by atoms with van der Waals surface area (Å²) in [7, 11) is 0. The lowest BCUT2D eigenvalue weighted by Crippen LogP contribution is -2.51. The summed E-state index contributed by atoms with van der Waals surface area (Å²) < 4.78 is 19.2. The Morgan fingerprint density at radius 2 is 2.08 bits per heavy atom. The van der Waals surface area contributed by atoms with Crippen LogP contribution < -0.4 is 5.73 Å². The lowest BCUT2D eigenvalue weighted by molar-refractivity contribution is -0.141. The van der Waals surface area contributed by atoms with Gasteiger partial charge in [0.05, 0.1) is 13.2 Å². The van der Waals surface area contributed by atoms with Crippen LogP contribution in [0.3, 0.4) is 0 Å². The molecule has 2 saturated heterocycles. The van der Waals surface area contributed by atoms with Crippen molar-refractivity contribution in [2.75, 3.05) is 39.4 Å². The Kier molecular flexibility index (Phi) is 6.04. The van der Waals surface area contributed by atoms with Crippen LogP contribution in [-0.2, 0) is 9.53 Å². The Morgan fingerprint density at radius 3 is 2.76 bits per heavy atom. The van der Waals surface area contributed by atoms with E-state index in [1.165, 1.54) is 12.1 Å². The quantitative estimate of drug-likeness (QED) is 0.900. The fourth-order valence-corrected chi connectivity index (χ4v) is 3.83. The molecule has 2 fully saturated rings. The van der Waals surface area contributed by atoms with Crippen molar-refractivity contribution >= 4 is 5.91 Å². The molecule has 1 aromatic rings. The maximum atomic E-state index is 13.8. The third-order valence-electron chi connectivity index (χ3n) is 5.32. The van der Waals surface area contributed by atoms with E-state index in [4.69, 9.17) is 10.5 Å². The number of nitrogens with zero attached hydrogens (tertiary/aromatic N) is 2. The normalized spacial score (nSPS) is 24.8. The third-order valence-corrected chi connectivity index (χ3v) is 5.32. The first-order valence-electron chi connectivity index (χ1n) is 9.18. The summed E-state index contributed by atoms with van der Waals surface area (Å²) in [4.78, 5) is 17.4. The largest absolute Gasteiger partial charge is 0.379 e. The van der Waals surface area contributed by atoms with E-state index in [0.29, 0.717) is 38.8 Å². The first-order chi connectivity index (χ1) is 12.1. The first-order valence-corrected chi connectivity index (χ1v) is 9.18. The summed E-state index contributed by atoms with van der Waals surface area (Å²) in [5.41, 5.74) is 6.78. The molecule has 3 rings (SSSR count). The van der Waals surface area contributed by atoms with Crippen molar-refractivity contribution < 1.29 is 13.9 Å². The van der Waals surface area contributed by atoms with Crippen molar-refractivity contribution in [3.63, 3.8) is 0 Å². The Hall–Kier alpha value is -1.50. The molecule has 1 amide bonds. The van der Waals surface area contributed by atoms with Gasteiger partial charge in [-0.1, -0.05) is 12.1 Å². The van der Waals surface area contributed by atoms with Crippen LogP contribution in [0, 0.1) is 11.7 Å². The summed E-state index contributed by atoms with van der Waals surface area (Å²) in [6.07, 6.45) is 2.03. The number of hydrogen-bond acceptors (Lipinski definition) is 4. The molecule has 3 atom stereocenters. The van der Waals surface area contributed by atoms with Crippen molar-refractivity contribution in [2.24, 2.45) is 11.7 Å². The maximum absolute atomic E-state index is 13.8. The molecule has 2 N–H and O–H groups in total. The Labute approximate surface area is 148 Å². The summed E-state index contributed by atoms with van der Waals surface area (Å²) in [5.74, 6) is 0.0732. The van der Waals surface area contributed by atoms with Gasteiger partial charge in [0.15, 0.2) is 0 Å². The van der Waals surface area contributed by atoms with E-state index in [0.717, 1.165) is 24.9 Å². The minimum atomic E-state index is -0.452. The second-order valence-electron chi connectivity index (χ2n) is 7.15. The predicted octanol–water partition coefficient (Wildman–Crippen LogP) is 1.78. The topological polar surface area (TPSA) is 58.8 Å². The van der Waals surface area contributed by atoms with Crippen LogP contribution >= 0.6 is 0 Å². The summed E-state index contributed by atoms with van der Waals surface area (Å²) in [5, 5.41) is 0. The molecule has 25 heavy (non-hydrogen) atoms. The SMILES string of the molecule is CC(N)C1CCCN(C(=O)C(c2cccc(F)c2)N2CCOCC2)C1. The van der Waals surface area contributed by atoms with Gasteiger partial charge < -0.3 is 15.4 Å². The molecule has 0 aliphatic carbocycles. The van der Waals surface area contributed by atoms with E-state index in [1.807, 2.05) is 17.9 Å². The van der Waals surface area contributed by atoms with Gasteiger partial charge in [0.1, 0.15) is 11.9 Å². The number of rotatable bonds is 4. The van der Waals surface area contributed by atoms with Gasteiger partial charge in [0.25, 0.3) is 0 Å². The molecule has 0 bridgehead atoms. The predicted molar refractivity (Wildman–Crippen MR) is 94.5 cm³/mol. The van der Waals surface area contributed by atoms with Crippen molar-refractivity contribution in [1.29, 1.82) is 0 Å². The fraction of sp³-hybridized carbons (Fsp3) is 0.632. The highest BCUT2D eigenvalue weighted by Crippen LogP contribution is 2.28. The number of amides is 1. The second kappa shape index (κ2) is 8.25. The van der Waals surface area contributed by atoms with Gasteiger partial charge in [0, 0.05) is 32.2 Å². The summed E-state index contributed by atoms with van der Waals surface area (Å²) >= 11 is 0. The van der Waals surface area contributed by atoms with Crippen molar-refractivity contribution in [1.82, 2.24) is 9.80 Å². The van der Waals surface area contributed by atoms with Crippen LogP contribution in [0.25, 0.3) is 0 Å². The lowest BCUT2D eigenvalue weighted by atomic mass is 9.91. The second-order valence-corrected chi connectivity index (χ2v) is 7.15. The molecule has 0 saturated carbocycles. The Bertz CT molecular complexity index is 590. The average molecular weight is 349 g/mol. The molecule has 2 heterocycles. The highest BCUT2D eigenvalue weighted by molar-refractivity contribution is 5.83. The number of hydrogen-bond donors (Lipinski definition) is 1. The van der Waals surface area contributed by atoms with Crippen molar-refractivity contribution in [3.05, 3.63) is 35.6 Å². The van der Waals surface area contributed by atoms with Gasteiger partial charge >= 0.3 is 0 Å². The smallest absolute Gasteiger partial charge is 0.244 e. The highest BCUT2D eigenvalue weighted by Gasteiger charge is 2.35. The molecule has 138 valence electrons. The molecule has 0 aromatic heterocycles. The Morgan fingerprint density at radius 1 is 1.32 bits per heavy atom. The average Bonchev–Trinajstić information content (AvgIpc) is 2.63. The number of nitrogens with two attached hydrogens (primary N) is 1. The number of piperidine rings is 1. The highest BCUT2D eigenvalue weighted by atomic mass is 19.1. The van der Waals surface area contributed by atoms with Crippen LogP contribution in [0.4, 0.5) is 4.39 Å². The number of benzene rings is 1. The van der Waals surface area contributed by atoms with E-state index in [-0.39, 0.29) is 17.8 Å². The first kappa shape index (κ1) is 18.3. The third kappa shape index (κ3) is 4.37. The lowest BCUT2D eigenvalue weighted by Gasteiger charge is -2.40. The van der Waals surface area contributed by atoms with Gasteiger partial charge in [0.2, 0.25) is 5.91 Å². The fourth-order valence-electron chi connectivity index (χ4n) is 3.83. The van der Waals surface area contributed by atoms with Gasteiger partial charge in [-0.15, -0.1) is 0 Å². The summed E-state index contributed by atoms with van der Waals surface area (Å²) in [6, 6.07) is 6.03. The molecule has 0 radical (unpaired) electrons. The van der Waals surface area contributed by atoms with Crippen LogP contribution in [0.5, 0.6) is 0 Å². The molecule has 2 aliphatic rings. The van der Waals surface area contributed by atoms with E-state index < -0.39 is 6.04 Å². The number of morpholine rings is 1. The zero-order valence-corrected chi connectivity index (χ0v) is 14.9. The molecule has 6 heteroatoms. The molecule has 0 spiro atoms. The molecular weight excluding hydrogens is 321 g/mol. The van der Waals surface area contributed by atoms with E-state index in [2.05, 4.69) is 4.90 Å². The van der Waals surface area contributed by atoms with E-state index in [9.17, 15) is 9.18 Å². The number of halogens is 1. The minimum absolute atomic E-state index is 0.0536. The van der Waals surface area contributed by atoms with Gasteiger partial charge in [-0.2, -0.15) is 0 Å². The van der Waals surface area contributed by atoms with E-state index in [1.54, 1.807) is 6.07 Å². The molecule has 3 unspecified atom stereocenters. The van der Waals surface area contributed by atoms with Gasteiger partial charge in [-0.05, 0) is 43.4 Å². The van der Waals surface area contributed by atoms with Crippen LogP contribution in [0.2, 0.25) is 0 Å². The van der Waals surface area contributed by atoms with Gasteiger partial charge in [-0.25, -0.2) is 4.39 Å². The molecule has 2 aliphatic heterocycles. The molecule has 1 aromatic carbocycles. The number of carbonyl (C=O) groups is 1. The molecule has 5 nitrogen and oxygen atoms in total. The van der Waals surface area contributed by atoms with E-state index >= 15 is 0 Å². The van der Waals surface area contributed by atoms with Crippen LogP contribution in [-0.4, -0.2) is 61.1 Å². The standard InChI is InChI=1S/C19H28FN3O2/c1-14(21)16-5-3-7-23(13-16)19(24)18(22-8-10-25-11-9-22)15-4-2-6-17(20)12-15/h2,4,6,12,14,16,18H,3,5,7-11,13,21H2,1H3. The van der Waals surface area contributed by atoms with Crippen LogP contribution in [0.1, 0.15) is 31.4 Å². The summed E-state index contributed by atoms with van der Waals surface area (Å²) in [6.45, 7) is 5.99. The zero-order valence-electron chi connectivity index (χ0n) is 14.9. The van der Waals surface area contributed by atoms with Crippen molar-refractivity contribution in [2.45, 2.75) is 31.8 Å². The number of likely N-dealkylation sites (tertiary alicyclic amines) is 1. The zero-order chi connectivity index (χ0) is 17.8. The Balaban J connectivity index is 1.84. The van der Waals surface area contributed by atoms with Crippen molar-refractivity contribution in [3.8, 4) is 0 Å². The number of ether oxygens (including phenoxy) is 1. The molecular formula is C19H28FN3O2. The van der Waals surface area contributed by atoms with Gasteiger partial charge in [-0.3, -0.25) is 9.69 Å². The minimum Gasteiger partial charge on any atom is -0.379 e. The maximum Gasteiger partial charge on any atom is 0.244 e. The van der Waals surface area contributed by atoms with Crippen LogP contribution in [0.15, 0.2) is 24.3 Å².